The van der Waals surface area contributed by atoms with Crippen molar-refractivity contribution in [3.8, 4) is 5.88 Å². The summed E-state index contributed by atoms with van der Waals surface area (Å²) >= 11 is 0. The molecule has 0 aromatic carbocycles. The molecule has 1 aliphatic carbocycles. The molecule has 3 fully saturated rings. The molecule has 1 atom stereocenters. The number of nitrogens with zero attached hydrogens (tertiary/aromatic N) is 7. The van der Waals surface area contributed by atoms with Crippen LogP contribution >= 0.6 is 0 Å². The van der Waals surface area contributed by atoms with Gasteiger partial charge >= 0.3 is 0 Å². The van der Waals surface area contributed by atoms with Gasteiger partial charge in [0.25, 0.3) is 11.8 Å². The van der Waals surface area contributed by atoms with Crippen LogP contribution in [0.2, 0.25) is 0 Å². The van der Waals surface area contributed by atoms with Crippen LogP contribution in [0.25, 0.3) is 0 Å². The fraction of sp³-hybridized carbons (Fsp3) is 0.594. The minimum Gasteiger partial charge on any atom is -0.478 e. The number of aromatic nitrogens is 5. The van der Waals surface area contributed by atoms with Crippen LogP contribution in [0.15, 0.2) is 24.5 Å². The quantitative estimate of drug-likeness (QED) is 0.353. The van der Waals surface area contributed by atoms with Crippen LogP contribution in [-0.2, 0) is 36.7 Å². The second-order valence-electron chi connectivity index (χ2n) is 13.0. The van der Waals surface area contributed by atoms with E-state index in [0.29, 0.717) is 75.6 Å². The number of anilines is 1. The minimum atomic E-state index is -2.64. The van der Waals surface area contributed by atoms with E-state index in [4.69, 9.17) is 19.4 Å². The third-order valence-electron chi connectivity index (χ3n) is 9.92. The zero-order chi connectivity index (χ0) is 30.6. The topological polar surface area (TPSA) is 98.5 Å². The molecule has 3 aromatic rings. The molecule has 4 aliphatic rings. The fourth-order valence-electron chi connectivity index (χ4n) is 6.85. The summed E-state index contributed by atoms with van der Waals surface area (Å²) in [4.78, 5) is 27.8. The van der Waals surface area contributed by atoms with Gasteiger partial charge in [0.15, 0.2) is 0 Å². The zero-order valence-corrected chi connectivity index (χ0v) is 25.6. The lowest BCUT2D eigenvalue weighted by molar-refractivity contribution is -0.100. The van der Waals surface area contributed by atoms with Crippen LogP contribution in [0.5, 0.6) is 5.88 Å². The van der Waals surface area contributed by atoms with Crippen molar-refractivity contribution in [1.29, 1.82) is 0 Å². The summed E-state index contributed by atoms with van der Waals surface area (Å²) in [7, 11) is 1.93. The van der Waals surface area contributed by atoms with Gasteiger partial charge in [-0.1, -0.05) is 13.3 Å². The first-order valence-corrected chi connectivity index (χ1v) is 15.7. The molecule has 0 radical (unpaired) electrons. The van der Waals surface area contributed by atoms with Gasteiger partial charge in [0.1, 0.15) is 18.0 Å². The highest BCUT2D eigenvalue weighted by atomic mass is 19.3. The van der Waals surface area contributed by atoms with Crippen LogP contribution < -0.4 is 9.64 Å². The van der Waals surface area contributed by atoms with Crippen LogP contribution in [0.3, 0.4) is 0 Å². The second-order valence-corrected chi connectivity index (χ2v) is 13.0. The molecule has 0 unspecified atom stereocenters. The Hall–Kier alpha value is -3.51. The Morgan fingerprint density at radius 1 is 1.16 bits per heavy atom. The molecule has 7 rings (SSSR count). The molecule has 234 valence electrons. The number of piperidine rings is 1. The Balaban J connectivity index is 1.21. The predicted molar refractivity (Wildman–Crippen MR) is 158 cm³/mol. The van der Waals surface area contributed by atoms with Crippen LogP contribution in [-0.4, -0.2) is 74.4 Å². The van der Waals surface area contributed by atoms with E-state index in [-0.39, 0.29) is 17.7 Å². The van der Waals surface area contributed by atoms with Gasteiger partial charge in [-0.15, -0.1) is 10.2 Å². The van der Waals surface area contributed by atoms with E-state index in [0.717, 1.165) is 47.6 Å². The third-order valence-corrected chi connectivity index (χ3v) is 9.92. The average Bonchev–Trinajstić information content (AvgIpc) is 3.50. The van der Waals surface area contributed by atoms with Gasteiger partial charge in [0.2, 0.25) is 5.88 Å². The maximum absolute atomic E-state index is 14.2. The normalized spacial score (nSPS) is 22.9. The third kappa shape index (κ3) is 5.15. The van der Waals surface area contributed by atoms with Gasteiger partial charge < -0.3 is 14.0 Å². The highest BCUT2D eigenvalue weighted by Crippen LogP contribution is 2.43. The van der Waals surface area contributed by atoms with Crippen molar-refractivity contribution in [2.75, 3.05) is 37.8 Å². The van der Waals surface area contributed by atoms with Gasteiger partial charge in [-0.25, -0.2) is 8.78 Å². The number of carbonyl (C=O) groups is 1. The number of pyridine rings is 2. The summed E-state index contributed by atoms with van der Waals surface area (Å²) in [5.41, 5.74) is 3.98. The van der Waals surface area contributed by atoms with Crippen molar-refractivity contribution in [2.45, 2.75) is 76.3 Å². The van der Waals surface area contributed by atoms with Gasteiger partial charge in [-0.3, -0.25) is 19.6 Å². The SMILES string of the molecule is CCOc1cc(C2(Cc3nncn3C)COC2)cc(N2Cc3c(cc(CN4CCC(F)(F)[C@H](C)C4)nc3C3CCC3)C2=O)n1. The molecule has 10 nitrogen and oxygen atoms in total. The molecule has 2 saturated heterocycles. The lowest BCUT2D eigenvalue weighted by atomic mass is 9.75. The lowest BCUT2D eigenvalue weighted by Gasteiger charge is -2.42. The number of ether oxygens (including phenoxy) is 2. The van der Waals surface area contributed by atoms with Crippen LogP contribution in [0.1, 0.15) is 84.1 Å². The smallest absolute Gasteiger partial charge is 0.260 e. The standard InChI is InChI=1S/C32H39F2N7O3/c1-4-44-28-11-22(31(17-43-18-31)13-27-38-35-19-39(27)3)10-26(37-28)41-16-25-24(30(41)42)12-23(36-29(25)21-6-5-7-21)15-40-9-8-32(33,34)20(2)14-40/h10-12,19-21H,4-9,13-18H2,1-3H3/t20-/m1/s1. The number of fused-ring (bicyclic) bond motifs is 1. The van der Waals surface area contributed by atoms with E-state index in [9.17, 15) is 13.6 Å². The highest BCUT2D eigenvalue weighted by Gasteiger charge is 2.44. The van der Waals surface area contributed by atoms with E-state index in [1.165, 1.54) is 0 Å². The molecule has 12 heteroatoms. The van der Waals surface area contributed by atoms with E-state index < -0.39 is 11.8 Å². The largest absolute Gasteiger partial charge is 0.478 e. The Morgan fingerprint density at radius 3 is 2.61 bits per heavy atom. The number of aryl methyl sites for hydroxylation is 1. The van der Waals surface area contributed by atoms with E-state index in [1.807, 2.05) is 41.6 Å². The molecule has 0 spiro atoms. The summed E-state index contributed by atoms with van der Waals surface area (Å²) in [5.74, 6) is -1.33. The molecule has 3 aromatic heterocycles. The van der Waals surface area contributed by atoms with Gasteiger partial charge in [0.05, 0.1) is 32.1 Å². The Morgan fingerprint density at radius 2 is 1.98 bits per heavy atom. The maximum atomic E-state index is 14.2. The number of carbonyl (C=O) groups excluding carboxylic acids is 1. The molecule has 0 N–H and O–H groups in total. The highest BCUT2D eigenvalue weighted by molar-refractivity contribution is 6.10. The summed E-state index contributed by atoms with van der Waals surface area (Å²) in [6.45, 7) is 6.45. The monoisotopic (exact) mass is 607 g/mol. The number of amides is 1. The van der Waals surface area contributed by atoms with E-state index >= 15 is 0 Å². The number of alkyl halides is 2. The first-order chi connectivity index (χ1) is 21.2. The number of rotatable bonds is 9. The molecule has 1 amide bonds. The molecule has 6 heterocycles. The van der Waals surface area contributed by atoms with Crippen molar-refractivity contribution < 1.29 is 23.0 Å². The van der Waals surface area contributed by atoms with Crippen molar-refractivity contribution in [2.24, 2.45) is 13.0 Å². The number of halogens is 2. The molecular weight excluding hydrogens is 568 g/mol. The Kier molecular flexibility index (Phi) is 7.39. The number of hydrogen-bond donors (Lipinski definition) is 0. The van der Waals surface area contributed by atoms with Crippen molar-refractivity contribution >= 4 is 11.7 Å². The van der Waals surface area contributed by atoms with Gasteiger partial charge in [-0.05, 0) is 37.5 Å². The van der Waals surface area contributed by atoms with Crippen molar-refractivity contribution in [3.63, 3.8) is 0 Å². The van der Waals surface area contributed by atoms with Gasteiger partial charge in [0, 0.05) is 79.7 Å². The first kappa shape index (κ1) is 29.2. The van der Waals surface area contributed by atoms with Crippen LogP contribution in [0, 0.1) is 5.92 Å². The number of hydrogen-bond acceptors (Lipinski definition) is 8. The van der Waals surface area contributed by atoms with Gasteiger partial charge in [-0.2, -0.15) is 4.98 Å². The maximum Gasteiger partial charge on any atom is 0.260 e. The molecular formula is C32H39F2N7O3. The van der Waals surface area contributed by atoms with E-state index in [1.54, 1.807) is 18.2 Å². The fourth-order valence-corrected chi connectivity index (χ4v) is 6.85. The number of likely N-dealkylation sites (tertiary alicyclic amines) is 1. The Bertz CT molecular complexity index is 1570. The average molecular weight is 608 g/mol. The zero-order valence-electron chi connectivity index (χ0n) is 25.6. The Labute approximate surface area is 255 Å². The minimum absolute atomic E-state index is 0.123. The molecule has 3 aliphatic heterocycles. The summed E-state index contributed by atoms with van der Waals surface area (Å²) in [6, 6.07) is 5.81. The molecule has 0 bridgehead atoms. The lowest BCUT2D eigenvalue weighted by Crippen LogP contribution is -2.49. The van der Waals surface area contributed by atoms with Crippen molar-refractivity contribution in [1.82, 2.24) is 29.6 Å². The van der Waals surface area contributed by atoms with Crippen LogP contribution in [0.4, 0.5) is 14.6 Å². The summed E-state index contributed by atoms with van der Waals surface area (Å²) in [6.07, 6.45) is 5.38. The van der Waals surface area contributed by atoms with Crippen molar-refractivity contribution in [3.05, 3.63) is 58.4 Å². The second kappa shape index (κ2) is 11.1. The summed E-state index contributed by atoms with van der Waals surface area (Å²) < 4.78 is 41.9. The van der Waals surface area contributed by atoms with E-state index in [2.05, 4.69) is 10.2 Å². The molecule has 1 saturated carbocycles. The first-order valence-electron chi connectivity index (χ1n) is 15.7. The molecule has 44 heavy (non-hydrogen) atoms. The predicted octanol–water partition coefficient (Wildman–Crippen LogP) is 4.42. The summed E-state index contributed by atoms with van der Waals surface area (Å²) in [5, 5.41) is 8.35.